The molecule has 0 fully saturated rings. The van der Waals surface area contributed by atoms with Gasteiger partial charge in [-0.3, -0.25) is 19.2 Å². The molecule has 0 bridgehead atoms. The Kier molecular flexibility index (Phi) is 10.7. The van der Waals surface area contributed by atoms with Gasteiger partial charge >= 0.3 is 5.97 Å². The van der Waals surface area contributed by atoms with E-state index in [9.17, 15) is 29.1 Å². The zero-order valence-corrected chi connectivity index (χ0v) is 15.5. The summed E-state index contributed by atoms with van der Waals surface area (Å²) in [5, 5.41) is 33.2. The number of aliphatic carboxylic acids is 1. The SMILES string of the molecule is CC(C)C(N)C(=O)NC(CC(N)=O)C(=O)NC(CO)C(=O)NC(CO)C(=O)O. The minimum Gasteiger partial charge on any atom is -0.480 e. The van der Waals surface area contributed by atoms with E-state index in [4.69, 9.17) is 21.7 Å². The van der Waals surface area contributed by atoms with Crippen LogP contribution in [0.25, 0.3) is 0 Å². The number of primary amides is 1. The second-order valence-corrected chi connectivity index (χ2v) is 6.33. The maximum absolute atomic E-state index is 12.3. The molecule has 0 saturated heterocycles. The molecule has 4 amide bonds. The molecule has 0 aromatic carbocycles. The number of carboxylic acids is 1. The van der Waals surface area contributed by atoms with Gasteiger partial charge in [-0.1, -0.05) is 13.8 Å². The summed E-state index contributed by atoms with van der Waals surface area (Å²) in [5.41, 5.74) is 10.7. The molecule has 0 aliphatic rings. The molecule has 0 aromatic heterocycles. The minimum absolute atomic E-state index is 0.264. The van der Waals surface area contributed by atoms with Gasteiger partial charge in [0, 0.05) is 0 Å². The molecule has 0 saturated carbocycles. The molecule has 28 heavy (non-hydrogen) atoms. The third-order valence-corrected chi connectivity index (χ3v) is 3.67. The van der Waals surface area contributed by atoms with Crippen molar-refractivity contribution in [2.24, 2.45) is 17.4 Å². The summed E-state index contributed by atoms with van der Waals surface area (Å²) in [7, 11) is 0. The number of rotatable bonds is 12. The predicted octanol–water partition coefficient (Wildman–Crippen LogP) is -4.63. The molecular formula is C15H27N5O8. The van der Waals surface area contributed by atoms with Gasteiger partial charge in [-0.2, -0.15) is 0 Å². The van der Waals surface area contributed by atoms with Gasteiger partial charge < -0.3 is 42.7 Å². The first-order valence-electron chi connectivity index (χ1n) is 8.34. The van der Waals surface area contributed by atoms with Gasteiger partial charge in [-0.25, -0.2) is 4.79 Å². The lowest BCUT2D eigenvalue weighted by Gasteiger charge is -2.24. The molecule has 0 radical (unpaired) electrons. The highest BCUT2D eigenvalue weighted by Crippen LogP contribution is 2.01. The van der Waals surface area contributed by atoms with Gasteiger partial charge in [0.2, 0.25) is 23.6 Å². The number of aliphatic hydroxyl groups is 2. The lowest BCUT2D eigenvalue weighted by molar-refractivity contribution is -0.143. The minimum atomic E-state index is -1.65. The van der Waals surface area contributed by atoms with E-state index in [1.807, 2.05) is 5.32 Å². The van der Waals surface area contributed by atoms with Crippen LogP contribution in [0.4, 0.5) is 0 Å². The van der Waals surface area contributed by atoms with Crippen molar-refractivity contribution in [2.45, 2.75) is 44.4 Å². The molecule has 160 valence electrons. The molecule has 4 atom stereocenters. The van der Waals surface area contributed by atoms with Crippen molar-refractivity contribution in [1.82, 2.24) is 16.0 Å². The molecule has 0 heterocycles. The quantitative estimate of drug-likeness (QED) is 0.156. The summed E-state index contributed by atoms with van der Waals surface area (Å²) in [6, 6.07) is -5.69. The smallest absolute Gasteiger partial charge is 0.328 e. The Morgan fingerprint density at radius 2 is 1.25 bits per heavy atom. The molecule has 10 N–H and O–H groups in total. The molecule has 13 heteroatoms. The van der Waals surface area contributed by atoms with Crippen molar-refractivity contribution in [2.75, 3.05) is 13.2 Å². The molecular weight excluding hydrogens is 378 g/mol. The van der Waals surface area contributed by atoms with Crippen LogP contribution in [0, 0.1) is 5.92 Å². The second-order valence-electron chi connectivity index (χ2n) is 6.33. The summed E-state index contributed by atoms with van der Waals surface area (Å²) in [4.78, 5) is 58.4. The van der Waals surface area contributed by atoms with Gasteiger partial charge in [0.15, 0.2) is 0 Å². The number of carbonyl (C=O) groups excluding carboxylic acids is 4. The number of carboxylic acid groups (broad SMARTS) is 1. The highest BCUT2D eigenvalue weighted by molar-refractivity contribution is 5.96. The average Bonchev–Trinajstić information content (AvgIpc) is 2.61. The second kappa shape index (κ2) is 11.8. The van der Waals surface area contributed by atoms with E-state index in [2.05, 4.69) is 10.6 Å². The van der Waals surface area contributed by atoms with Gasteiger partial charge in [0.05, 0.1) is 25.7 Å². The summed E-state index contributed by atoms with van der Waals surface area (Å²) in [5.74, 6) is -5.56. The number of nitrogens with two attached hydrogens (primary N) is 2. The van der Waals surface area contributed by atoms with Crippen LogP contribution in [-0.4, -0.2) is 82.3 Å². The van der Waals surface area contributed by atoms with Crippen LogP contribution in [0.15, 0.2) is 0 Å². The number of nitrogens with one attached hydrogen (secondary N) is 3. The van der Waals surface area contributed by atoms with Crippen LogP contribution in [0.3, 0.4) is 0 Å². The monoisotopic (exact) mass is 405 g/mol. The lowest BCUT2D eigenvalue weighted by Crippen LogP contribution is -2.59. The van der Waals surface area contributed by atoms with E-state index in [1.54, 1.807) is 13.8 Å². The number of hydrogen-bond donors (Lipinski definition) is 8. The summed E-state index contributed by atoms with van der Waals surface area (Å²) < 4.78 is 0. The standard InChI is InChI=1S/C15H27N5O8/c1-6(2)11(17)14(26)18-7(3-10(16)23)12(24)19-8(4-21)13(25)20-9(5-22)15(27)28/h6-9,11,21-22H,3-5,17H2,1-2H3,(H2,16,23)(H,18,26)(H,19,24)(H,20,25)(H,27,28). The van der Waals surface area contributed by atoms with E-state index in [1.165, 1.54) is 0 Å². The normalized spacial score (nSPS) is 15.1. The fourth-order valence-electron chi connectivity index (χ4n) is 1.91. The number of aliphatic hydroxyl groups excluding tert-OH is 2. The molecule has 13 nitrogen and oxygen atoms in total. The molecule has 0 aliphatic carbocycles. The van der Waals surface area contributed by atoms with Crippen molar-refractivity contribution in [3.05, 3.63) is 0 Å². The van der Waals surface area contributed by atoms with Crippen LogP contribution in [0.1, 0.15) is 20.3 Å². The van der Waals surface area contributed by atoms with Gasteiger partial charge in [-0.15, -0.1) is 0 Å². The first kappa shape index (κ1) is 25.2. The maximum Gasteiger partial charge on any atom is 0.328 e. The van der Waals surface area contributed by atoms with Crippen molar-refractivity contribution in [3.8, 4) is 0 Å². The first-order valence-corrected chi connectivity index (χ1v) is 8.34. The van der Waals surface area contributed by atoms with Crippen LogP contribution in [-0.2, 0) is 24.0 Å². The fraction of sp³-hybridized carbons (Fsp3) is 0.667. The highest BCUT2D eigenvalue weighted by Gasteiger charge is 2.31. The van der Waals surface area contributed by atoms with Crippen LogP contribution in [0.5, 0.6) is 0 Å². The summed E-state index contributed by atoms with van der Waals surface area (Å²) >= 11 is 0. The van der Waals surface area contributed by atoms with Crippen molar-refractivity contribution >= 4 is 29.6 Å². The number of carbonyl (C=O) groups is 5. The zero-order chi connectivity index (χ0) is 22.0. The Labute approximate surface area is 160 Å². The Morgan fingerprint density at radius 3 is 1.64 bits per heavy atom. The Morgan fingerprint density at radius 1 is 0.821 bits per heavy atom. The Bertz CT molecular complexity index is 597. The highest BCUT2D eigenvalue weighted by atomic mass is 16.4. The van der Waals surface area contributed by atoms with Crippen molar-refractivity contribution in [3.63, 3.8) is 0 Å². The van der Waals surface area contributed by atoms with Crippen LogP contribution >= 0.6 is 0 Å². The van der Waals surface area contributed by atoms with Gasteiger partial charge in [0.25, 0.3) is 0 Å². The molecule has 0 spiro atoms. The summed E-state index contributed by atoms with van der Waals surface area (Å²) in [6.45, 7) is 1.50. The van der Waals surface area contributed by atoms with E-state index in [-0.39, 0.29) is 5.92 Å². The Balaban J connectivity index is 5.19. The van der Waals surface area contributed by atoms with Crippen LogP contribution in [0.2, 0.25) is 0 Å². The lowest BCUT2D eigenvalue weighted by atomic mass is 10.0. The molecule has 0 aliphatic heterocycles. The van der Waals surface area contributed by atoms with Crippen molar-refractivity contribution in [1.29, 1.82) is 0 Å². The average molecular weight is 405 g/mol. The molecule has 0 aromatic rings. The maximum atomic E-state index is 12.3. The van der Waals surface area contributed by atoms with Gasteiger partial charge in [0.1, 0.15) is 18.1 Å². The largest absolute Gasteiger partial charge is 0.480 e. The first-order chi connectivity index (χ1) is 12.9. The summed E-state index contributed by atoms with van der Waals surface area (Å²) in [6.07, 6.45) is -0.601. The predicted molar refractivity (Wildman–Crippen MR) is 94.2 cm³/mol. The van der Waals surface area contributed by atoms with E-state index in [0.717, 1.165) is 0 Å². The fourth-order valence-corrected chi connectivity index (χ4v) is 1.91. The van der Waals surface area contributed by atoms with E-state index < -0.39 is 73.4 Å². The zero-order valence-electron chi connectivity index (χ0n) is 15.5. The Hall–Kier alpha value is -2.77. The van der Waals surface area contributed by atoms with Crippen LogP contribution < -0.4 is 27.4 Å². The van der Waals surface area contributed by atoms with E-state index >= 15 is 0 Å². The third-order valence-electron chi connectivity index (χ3n) is 3.67. The number of amides is 4. The molecule has 4 unspecified atom stereocenters. The third kappa shape index (κ3) is 8.28. The molecule has 0 rings (SSSR count). The van der Waals surface area contributed by atoms with E-state index in [0.29, 0.717) is 0 Å². The van der Waals surface area contributed by atoms with Crippen molar-refractivity contribution < 1.29 is 39.3 Å². The number of hydrogen-bond acceptors (Lipinski definition) is 8. The van der Waals surface area contributed by atoms with Gasteiger partial charge in [-0.05, 0) is 5.92 Å². The topological polar surface area (TPSA) is 234 Å².